The first-order valence-corrected chi connectivity index (χ1v) is 11.9. The van der Waals surface area contributed by atoms with Gasteiger partial charge in [-0.1, -0.05) is 66.7 Å². The van der Waals surface area contributed by atoms with Crippen molar-refractivity contribution in [3.8, 4) is 11.1 Å². The molecule has 5 rings (SSSR count). The summed E-state index contributed by atoms with van der Waals surface area (Å²) < 4.78 is 11.0. The Morgan fingerprint density at radius 3 is 2.20 bits per heavy atom. The lowest BCUT2D eigenvalue weighted by molar-refractivity contribution is -0.139. The summed E-state index contributed by atoms with van der Waals surface area (Å²) in [5.74, 6) is -1.19. The molecule has 2 aliphatic rings. The molecule has 1 saturated heterocycles. The minimum atomic E-state index is -1.10. The highest BCUT2D eigenvalue weighted by Crippen LogP contribution is 2.44. The highest BCUT2D eigenvalue weighted by molar-refractivity contribution is 5.81. The fourth-order valence-corrected chi connectivity index (χ4v) is 5.00. The van der Waals surface area contributed by atoms with Gasteiger partial charge in [-0.3, -0.25) is 0 Å². The number of nitrogens with zero attached hydrogens (tertiary/aromatic N) is 1. The minimum Gasteiger partial charge on any atom is -0.480 e. The molecule has 180 valence electrons. The molecule has 2 N–H and O–H groups in total. The number of rotatable bonds is 7. The van der Waals surface area contributed by atoms with E-state index in [9.17, 15) is 14.7 Å². The van der Waals surface area contributed by atoms with E-state index in [-0.39, 0.29) is 18.9 Å². The Labute approximate surface area is 204 Å². The van der Waals surface area contributed by atoms with Crippen molar-refractivity contribution in [2.24, 2.45) is 0 Å². The number of carboxylic acids is 1. The van der Waals surface area contributed by atoms with Crippen LogP contribution in [0.25, 0.3) is 11.1 Å². The van der Waals surface area contributed by atoms with Crippen molar-refractivity contribution < 1.29 is 24.2 Å². The number of aliphatic carboxylic acids is 1. The molecule has 0 aromatic heterocycles. The smallest absolute Gasteiger partial charge is 0.407 e. The first kappa shape index (κ1) is 22.9. The number of benzene rings is 3. The number of nitrogens with one attached hydrogen (secondary N) is 1. The maximum absolute atomic E-state index is 12.7. The van der Waals surface area contributed by atoms with Crippen molar-refractivity contribution in [2.45, 2.75) is 18.4 Å². The molecule has 3 aromatic carbocycles. The van der Waals surface area contributed by atoms with Gasteiger partial charge in [-0.05, 0) is 33.9 Å². The summed E-state index contributed by atoms with van der Waals surface area (Å²) in [6.07, 6.45) is -0.573. The van der Waals surface area contributed by atoms with Gasteiger partial charge in [0.25, 0.3) is 0 Å². The van der Waals surface area contributed by atoms with E-state index in [1.165, 1.54) is 0 Å². The van der Waals surface area contributed by atoms with E-state index in [0.717, 1.165) is 46.6 Å². The molecule has 1 aliphatic carbocycles. The number of alkyl carbamates (subject to hydrolysis) is 1. The summed E-state index contributed by atoms with van der Waals surface area (Å²) in [6.45, 7) is 2.89. The lowest BCUT2D eigenvalue weighted by Crippen LogP contribution is -2.43. The highest BCUT2D eigenvalue weighted by Gasteiger charge is 2.30. The number of para-hydroxylation sites is 1. The van der Waals surface area contributed by atoms with Gasteiger partial charge in [0.05, 0.1) is 13.2 Å². The van der Waals surface area contributed by atoms with E-state index in [1.54, 1.807) is 0 Å². The van der Waals surface area contributed by atoms with Crippen LogP contribution in [0.5, 0.6) is 0 Å². The van der Waals surface area contributed by atoms with E-state index in [1.807, 2.05) is 60.7 Å². The van der Waals surface area contributed by atoms with Crippen LogP contribution in [0.15, 0.2) is 72.8 Å². The maximum atomic E-state index is 12.7. The highest BCUT2D eigenvalue weighted by atomic mass is 16.5. The van der Waals surface area contributed by atoms with Crippen LogP contribution in [0.1, 0.15) is 22.6 Å². The predicted octanol–water partition coefficient (Wildman–Crippen LogP) is 4.06. The van der Waals surface area contributed by atoms with Crippen molar-refractivity contribution in [3.63, 3.8) is 0 Å². The first-order valence-electron chi connectivity index (χ1n) is 11.9. The Bertz CT molecular complexity index is 1180. The third-order valence-corrected chi connectivity index (χ3v) is 6.70. The van der Waals surface area contributed by atoms with Gasteiger partial charge in [-0.25, -0.2) is 9.59 Å². The fourth-order valence-electron chi connectivity index (χ4n) is 5.00. The van der Waals surface area contributed by atoms with Crippen LogP contribution >= 0.6 is 0 Å². The van der Waals surface area contributed by atoms with E-state index in [2.05, 4.69) is 22.3 Å². The SMILES string of the molecule is O=C(NC(Cc1ccccc1N1CCOCC1)C(=O)O)OCC1c2ccccc2-c2ccccc21. The monoisotopic (exact) mass is 472 g/mol. The van der Waals surface area contributed by atoms with Crippen molar-refractivity contribution in [3.05, 3.63) is 89.5 Å². The summed E-state index contributed by atoms with van der Waals surface area (Å²) in [7, 11) is 0. The van der Waals surface area contributed by atoms with Crippen LogP contribution in [0.3, 0.4) is 0 Å². The zero-order valence-electron chi connectivity index (χ0n) is 19.4. The number of ether oxygens (including phenoxy) is 2. The van der Waals surface area contributed by atoms with Gasteiger partial charge in [-0.2, -0.15) is 0 Å². The number of anilines is 1. The Kier molecular flexibility index (Phi) is 6.68. The van der Waals surface area contributed by atoms with Crippen molar-refractivity contribution in [2.75, 3.05) is 37.8 Å². The van der Waals surface area contributed by atoms with Crippen molar-refractivity contribution >= 4 is 17.7 Å². The lowest BCUT2D eigenvalue weighted by Gasteiger charge is -2.31. The Morgan fingerprint density at radius 1 is 0.943 bits per heavy atom. The maximum Gasteiger partial charge on any atom is 0.407 e. The van der Waals surface area contributed by atoms with E-state index in [0.29, 0.717) is 13.2 Å². The molecule has 0 bridgehead atoms. The molecule has 1 atom stereocenters. The molecular weight excluding hydrogens is 444 g/mol. The molecule has 1 aliphatic heterocycles. The molecule has 0 radical (unpaired) electrons. The zero-order valence-corrected chi connectivity index (χ0v) is 19.4. The third kappa shape index (κ3) is 4.86. The van der Waals surface area contributed by atoms with Crippen LogP contribution < -0.4 is 10.2 Å². The molecule has 1 heterocycles. The van der Waals surface area contributed by atoms with Crippen molar-refractivity contribution in [1.82, 2.24) is 5.32 Å². The van der Waals surface area contributed by atoms with E-state index >= 15 is 0 Å². The molecule has 1 unspecified atom stereocenters. The number of hydrogen-bond acceptors (Lipinski definition) is 5. The minimum absolute atomic E-state index is 0.0847. The number of fused-ring (bicyclic) bond motifs is 3. The second-order valence-electron chi connectivity index (χ2n) is 8.79. The Morgan fingerprint density at radius 2 is 1.54 bits per heavy atom. The van der Waals surface area contributed by atoms with Crippen LogP contribution in [-0.4, -0.2) is 56.1 Å². The van der Waals surface area contributed by atoms with Crippen LogP contribution in [0, 0.1) is 0 Å². The number of hydrogen-bond donors (Lipinski definition) is 2. The summed E-state index contributed by atoms with van der Waals surface area (Å²) in [4.78, 5) is 26.9. The Balaban J connectivity index is 1.26. The second-order valence-corrected chi connectivity index (χ2v) is 8.79. The molecule has 0 spiro atoms. The van der Waals surface area contributed by atoms with Gasteiger partial charge >= 0.3 is 12.1 Å². The van der Waals surface area contributed by atoms with E-state index in [4.69, 9.17) is 9.47 Å². The van der Waals surface area contributed by atoms with Gasteiger partial charge in [0.2, 0.25) is 0 Å². The largest absolute Gasteiger partial charge is 0.480 e. The average molecular weight is 473 g/mol. The molecule has 7 heteroatoms. The van der Waals surface area contributed by atoms with Crippen LogP contribution in [0.2, 0.25) is 0 Å². The number of morpholine rings is 1. The lowest BCUT2D eigenvalue weighted by atomic mass is 9.98. The molecule has 1 fully saturated rings. The van der Waals surface area contributed by atoms with Gasteiger partial charge in [-0.15, -0.1) is 0 Å². The predicted molar refractivity (Wildman–Crippen MR) is 133 cm³/mol. The molecule has 3 aromatic rings. The van der Waals surface area contributed by atoms with Crippen molar-refractivity contribution in [1.29, 1.82) is 0 Å². The summed E-state index contributed by atoms with van der Waals surface area (Å²) >= 11 is 0. The molecule has 0 saturated carbocycles. The van der Waals surface area contributed by atoms with Gasteiger partial charge in [0.1, 0.15) is 12.6 Å². The standard InChI is InChI=1S/C28H28N2O5/c31-27(32)25(17-19-7-1-6-12-26(19)30-13-15-34-16-14-30)29-28(33)35-18-24-22-10-4-2-8-20(22)21-9-3-5-11-23(21)24/h1-12,24-25H,13-18H2,(H,29,33)(H,31,32). The molecule has 1 amide bonds. The summed E-state index contributed by atoms with van der Waals surface area (Å²) in [6, 6.07) is 22.8. The number of carbonyl (C=O) groups excluding carboxylic acids is 1. The summed E-state index contributed by atoms with van der Waals surface area (Å²) in [5, 5.41) is 12.4. The fraction of sp³-hybridized carbons (Fsp3) is 0.286. The zero-order chi connectivity index (χ0) is 24.2. The average Bonchev–Trinajstić information content (AvgIpc) is 3.21. The van der Waals surface area contributed by atoms with Gasteiger partial charge in [0.15, 0.2) is 0 Å². The quantitative estimate of drug-likeness (QED) is 0.539. The first-order chi connectivity index (χ1) is 17.1. The van der Waals surface area contributed by atoms with Crippen LogP contribution in [-0.2, 0) is 20.7 Å². The van der Waals surface area contributed by atoms with Gasteiger partial charge in [0, 0.05) is 31.1 Å². The normalized spacial score (nSPS) is 15.7. The number of carboxylic acid groups (broad SMARTS) is 1. The molecular formula is C28H28N2O5. The van der Waals surface area contributed by atoms with Gasteiger partial charge < -0.3 is 24.8 Å². The molecule has 35 heavy (non-hydrogen) atoms. The second kappa shape index (κ2) is 10.2. The topological polar surface area (TPSA) is 88.1 Å². The summed E-state index contributed by atoms with van der Waals surface area (Å²) in [5.41, 5.74) is 6.32. The number of amides is 1. The Hall–Kier alpha value is -3.84. The number of carbonyl (C=O) groups is 2. The molecule has 7 nitrogen and oxygen atoms in total. The van der Waals surface area contributed by atoms with Crippen LogP contribution in [0.4, 0.5) is 10.5 Å². The third-order valence-electron chi connectivity index (χ3n) is 6.70. The van der Waals surface area contributed by atoms with E-state index < -0.39 is 18.1 Å².